The number of nitriles is 1. The topological polar surface area (TPSA) is 73.1 Å². The van der Waals surface area contributed by atoms with E-state index >= 15 is 0 Å². The maximum atomic E-state index is 11.9. The zero-order chi connectivity index (χ0) is 13.5. The molecule has 0 spiro atoms. The molecule has 7 heteroatoms. The Balaban J connectivity index is 4.83. The lowest BCUT2D eigenvalue weighted by atomic mass is 10.2. The molecule has 0 aromatic carbocycles. The van der Waals surface area contributed by atoms with Crippen LogP contribution in [0, 0.1) is 11.3 Å². The van der Waals surface area contributed by atoms with E-state index in [0.29, 0.717) is 0 Å². The molecule has 1 amide bonds. The zero-order valence-corrected chi connectivity index (χ0v) is 8.58. The fraction of sp³-hybridized carbons (Fsp3) is 0.200. The fourth-order valence-corrected chi connectivity index (χ4v) is 0.678. The summed E-state index contributed by atoms with van der Waals surface area (Å²) in [6.45, 7) is 2.65. The van der Waals surface area contributed by atoms with Gasteiger partial charge in [0.15, 0.2) is 0 Å². The first-order valence-corrected chi connectivity index (χ1v) is 4.27. The Bertz CT molecular complexity index is 403. The third-order valence-corrected chi connectivity index (χ3v) is 1.51. The van der Waals surface area contributed by atoms with Crippen LogP contribution in [0.5, 0.6) is 0 Å². The fourth-order valence-electron chi connectivity index (χ4n) is 0.678. The van der Waals surface area contributed by atoms with Crippen molar-refractivity contribution >= 4 is 5.91 Å². The summed E-state index contributed by atoms with van der Waals surface area (Å²) in [7, 11) is 0. The summed E-state index contributed by atoms with van der Waals surface area (Å²) in [5, 5.41) is 18.6. The Labute approximate surface area is 95.3 Å². The van der Waals surface area contributed by atoms with Gasteiger partial charge in [-0.2, -0.15) is 18.4 Å². The van der Waals surface area contributed by atoms with E-state index in [1.807, 2.05) is 0 Å². The SMILES string of the molecule is C=C/C(=C\C=C(\C#N)CO)NC(=O)C(F)(F)F. The number of carbonyl (C=O) groups excluding carboxylic acids is 1. The zero-order valence-electron chi connectivity index (χ0n) is 8.58. The lowest BCUT2D eigenvalue weighted by Gasteiger charge is -2.07. The van der Waals surface area contributed by atoms with Gasteiger partial charge in [-0.05, 0) is 18.2 Å². The third-order valence-electron chi connectivity index (χ3n) is 1.51. The number of aliphatic hydroxyl groups is 1. The second-order valence-corrected chi connectivity index (χ2v) is 2.74. The van der Waals surface area contributed by atoms with Crippen LogP contribution in [0.25, 0.3) is 0 Å². The van der Waals surface area contributed by atoms with Crippen molar-refractivity contribution < 1.29 is 23.1 Å². The summed E-state index contributed by atoms with van der Waals surface area (Å²) >= 11 is 0. The molecule has 0 aromatic rings. The van der Waals surface area contributed by atoms with Crippen molar-refractivity contribution in [3.8, 4) is 6.07 Å². The van der Waals surface area contributed by atoms with Crippen LogP contribution in [0.3, 0.4) is 0 Å². The number of hydrogen-bond donors (Lipinski definition) is 2. The van der Waals surface area contributed by atoms with Gasteiger partial charge in [-0.1, -0.05) is 6.58 Å². The first-order valence-electron chi connectivity index (χ1n) is 4.27. The van der Waals surface area contributed by atoms with Crippen molar-refractivity contribution in [1.82, 2.24) is 5.32 Å². The quantitative estimate of drug-likeness (QED) is 0.577. The molecule has 17 heavy (non-hydrogen) atoms. The Kier molecular flexibility index (Phi) is 5.71. The third kappa shape index (κ3) is 5.53. The number of aliphatic hydroxyl groups excluding tert-OH is 1. The van der Waals surface area contributed by atoms with Gasteiger partial charge in [0.2, 0.25) is 0 Å². The van der Waals surface area contributed by atoms with Gasteiger partial charge < -0.3 is 10.4 Å². The van der Waals surface area contributed by atoms with Crippen LogP contribution in [0.15, 0.2) is 36.1 Å². The minimum atomic E-state index is -5.00. The predicted molar refractivity (Wildman–Crippen MR) is 53.3 cm³/mol. The number of alkyl halides is 3. The standard InChI is InChI=1S/C10H9F3N2O2/c1-2-8(4-3-7(5-14)6-16)15-9(17)10(11,12)13/h2-4,16H,1,6H2,(H,15,17)/b7-3-,8-4+. The second-order valence-electron chi connectivity index (χ2n) is 2.74. The molecule has 0 rings (SSSR count). The summed E-state index contributed by atoms with van der Waals surface area (Å²) < 4.78 is 35.7. The minimum absolute atomic E-state index is 0.0643. The van der Waals surface area contributed by atoms with Crippen molar-refractivity contribution in [1.29, 1.82) is 5.26 Å². The van der Waals surface area contributed by atoms with Gasteiger partial charge in [0.25, 0.3) is 0 Å². The number of hydrogen-bond acceptors (Lipinski definition) is 3. The van der Waals surface area contributed by atoms with Gasteiger partial charge in [0, 0.05) is 5.70 Å². The molecular weight excluding hydrogens is 237 g/mol. The summed E-state index contributed by atoms with van der Waals surface area (Å²) in [6.07, 6.45) is -1.91. The van der Waals surface area contributed by atoms with Crippen LogP contribution in [-0.4, -0.2) is 23.8 Å². The molecule has 0 heterocycles. The molecule has 0 unspecified atom stereocenters. The highest BCUT2D eigenvalue weighted by Crippen LogP contribution is 2.15. The van der Waals surface area contributed by atoms with E-state index in [2.05, 4.69) is 6.58 Å². The van der Waals surface area contributed by atoms with Crippen molar-refractivity contribution in [2.45, 2.75) is 6.18 Å². The second kappa shape index (κ2) is 6.50. The highest BCUT2D eigenvalue weighted by Gasteiger charge is 2.38. The van der Waals surface area contributed by atoms with Gasteiger partial charge in [-0.15, -0.1) is 0 Å². The van der Waals surface area contributed by atoms with Gasteiger partial charge in [-0.3, -0.25) is 4.79 Å². The van der Waals surface area contributed by atoms with Crippen LogP contribution >= 0.6 is 0 Å². The number of carbonyl (C=O) groups is 1. The number of halogens is 3. The molecule has 2 N–H and O–H groups in total. The first kappa shape index (κ1) is 14.9. The largest absolute Gasteiger partial charge is 0.471 e. The first-order chi connectivity index (χ1) is 7.85. The van der Waals surface area contributed by atoms with E-state index in [1.54, 1.807) is 11.4 Å². The Hall–Kier alpha value is -2.07. The molecule has 4 nitrogen and oxygen atoms in total. The van der Waals surface area contributed by atoms with Gasteiger partial charge >= 0.3 is 12.1 Å². The number of amides is 1. The average molecular weight is 246 g/mol. The highest BCUT2D eigenvalue weighted by atomic mass is 19.4. The van der Waals surface area contributed by atoms with Gasteiger partial charge in [0.05, 0.1) is 18.2 Å². The number of nitrogens with one attached hydrogen (secondary N) is 1. The van der Waals surface area contributed by atoms with Gasteiger partial charge in [0.1, 0.15) is 0 Å². The van der Waals surface area contributed by atoms with Crippen molar-refractivity contribution in [3.63, 3.8) is 0 Å². The number of rotatable bonds is 4. The maximum absolute atomic E-state index is 11.9. The van der Waals surface area contributed by atoms with E-state index in [-0.39, 0.29) is 11.3 Å². The highest BCUT2D eigenvalue weighted by molar-refractivity contribution is 5.83. The van der Waals surface area contributed by atoms with E-state index in [4.69, 9.17) is 10.4 Å². The Morgan fingerprint density at radius 1 is 1.47 bits per heavy atom. The molecule has 0 saturated heterocycles. The molecule has 0 aliphatic rings. The number of allylic oxidation sites excluding steroid dienone is 3. The van der Waals surface area contributed by atoms with Crippen LogP contribution in [0.1, 0.15) is 0 Å². The van der Waals surface area contributed by atoms with Crippen LogP contribution in [-0.2, 0) is 4.79 Å². The van der Waals surface area contributed by atoms with Crippen molar-refractivity contribution in [3.05, 3.63) is 36.1 Å². The van der Waals surface area contributed by atoms with E-state index in [9.17, 15) is 18.0 Å². The molecule has 0 aliphatic carbocycles. The van der Waals surface area contributed by atoms with Crippen molar-refractivity contribution in [2.24, 2.45) is 0 Å². The average Bonchev–Trinajstić information content (AvgIpc) is 2.27. The van der Waals surface area contributed by atoms with Crippen LogP contribution < -0.4 is 5.32 Å². The predicted octanol–water partition coefficient (Wildman–Crippen LogP) is 1.18. The molecule has 0 bridgehead atoms. The normalized spacial score (nSPS) is 12.9. The molecular formula is C10H9F3N2O2. The van der Waals surface area contributed by atoms with Crippen molar-refractivity contribution in [2.75, 3.05) is 6.61 Å². The molecule has 0 fully saturated rings. The molecule has 0 atom stereocenters. The summed E-state index contributed by atoms with van der Waals surface area (Å²) in [5.41, 5.74) is -0.292. The van der Waals surface area contributed by atoms with E-state index in [1.165, 1.54) is 0 Å². The number of nitrogens with zero attached hydrogens (tertiary/aromatic N) is 1. The molecule has 0 saturated carbocycles. The monoisotopic (exact) mass is 246 g/mol. The van der Waals surface area contributed by atoms with Crippen LogP contribution in [0.4, 0.5) is 13.2 Å². The van der Waals surface area contributed by atoms with Crippen LogP contribution in [0.2, 0.25) is 0 Å². The molecule has 0 aromatic heterocycles. The Morgan fingerprint density at radius 2 is 2.06 bits per heavy atom. The Morgan fingerprint density at radius 3 is 2.41 bits per heavy atom. The lowest BCUT2D eigenvalue weighted by Crippen LogP contribution is -2.35. The summed E-state index contributed by atoms with van der Waals surface area (Å²) in [5.74, 6) is -2.14. The van der Waals surface area contributed by atoms with E-state index < -0.39 is 18.7 Å². The van der Waals surface area contributed by atoms with Gasteiger partial charge in [-0.25, -0.2) is 0 Å². The molecule has 0 radical (unpaired) electrons. The molecule has 0 aliphatic heterocycles. The molecule has 92 valence electrons. The summed E-state index contributed by atoms with van der Waals surface area (Å²) in [4.78, 5) is 10.6. The minimum Gasteiger partial charge on any atom is -0.391 e. The lowest BCUT2D eigenvalue weighted by molar-refractivity contribution is -0.172. The van der Waals surface area contributed by atoms with E-state index in [0.717, 1.165) is 18.2 Å². The maximum Gasteiger partial charge on any atom is 0.471 e. The smallest absolute Gasteiger partial charge is 0.391 e. The summed E-state index contributed by atoms with van der Waals surface area (Å²) in [6, 6.07) is 1.61.